The van der Waals surface area contributed by atoms with Gasteiger partial charge in [-0.05, 0) is 29.9 Å². The van der Waals surface area contributed by atoms with Crippen molar-refractivity contribution in [1.29, 1.82) is 0 Å². The highest BCUT2D eigenvalue weighted by molar-refractivity contribution is 5.84. The molecular weight excluding hydrogens is 290 g/mol. The molecule has 0 spiro atoms. The van der Waals surface area contributed by atoms with Crippen LogP contribution in [0.25, 0.3) is 10.8 Å². The van der Waals surface area contributed by atoms with Gasteiger partial charge in [0.05, 0.1) is 0 Å². The molecule has 2 N–H and O–H groups in total. The summed E-state index contributed by atoms with van der Waals surface area (Å²) in [5.41, 5.74) is -1.04. The number of pyridine rings is 1. The number of likely N-dealkylation sites (tertiary alicyclic amines) is 1. The number of nitrogens with one attached hydrogen (secondary N) is 1. The van der Waals surface area contributed by atoms with Gasteiger partial charge in [0.25, 0.3) is 12.0 Å². The molecule has 1 fully saturated rings. The van der Waals surface area contributed by atoms with Gasteiger partial charge >= 0.3 is 0 Å². The molecule has 0 bridgehead atoms. The first-order valence-corrected chi connectivity index (χ1v) is 7.32. The van der Waals surface area contributed by atoms with E-state index in [2.05, 4.69) is 4.98 Å². The molecule has 0 radical (unpaired) electrons. The van der Waals surface area contributed by atoms with Crippen LogP contribution in [0.1, 0.15) is 18.4 Å². The van der Waals surface area contributed by atoms with Crippen LogP contribution in [0.5, 0.6) is 0 Å². The van der Waals surface area contributed by atoms with Gasteiger partial charge in [0.15, 0.2) is 0 Å². The van der Waals surface area contributed by atoms with E-state index in [1.54, 1.807) is 12.3 Å². The summed E-state index contributed by atoms with van der Waals surface area (Å²) in [6.45, 7) is 1.39. The van der Waals surface area contributed by atoms with E-state index < -0.39 is 12.0 Å². The number of fused-ring (bicyclic) bond motifs is 1. The minimum absolute atomic E-state index is 0.0615. The molecule has 4 nitrogen and oxygen atoms in total. The molecule has 1 aromatic heterocycles. The lowest BCUT2D eigenvalue weighted by molar-refractivity contribution is -0.127. The summed E-state index contributed by atoms with van der Waals surface area (Å²) in [5.74, 6) is 0. The minimum atomic E-state index is -2.71. The predicted molar refractivity (Wildman–Crippen MR) is 80.0 cm³/mol. The summed E-state index contributed by atoms with van der Waals surface area (Å²) in [7, 11) is 0. The second-order valence-electron chi connectivity index (χ2n) is 5.87. The summed E-state index contributed by atoms with van der Waals surface area (Å²) in [6, 6.07) is 7.34. The minimum Gasteiger partial charge on any atom is -0.384 e. The smallest absolute Gasteiger partial charge is 0.266 e. The van der Waals surface area contributed by atoms with Crippen molar-refractivity contribution in [2.45, 2.75) is 31.4 Å². The van der Waals surface area contributed by atoms with E-state index in [-0.39, 0.29) is 18.4 Å². The van der Waals surface area contributed by atoms with Crippen molar-refractivity contribution in [2.75, 3.05) is 13.1 Å². The van der Waals surface area contributed by atoms with Gasteiger partial charge in [0, 0.05) is 31.2 Å². The van der Waals surface area contributed by atoms with Crippen molar-refractivity contribution in [3.63, 3.8) is 0 Å². The fourth-order valence-corrected chi connectivity index (χ4v) is 2.96. The van der Waals surface area contributed by atoms with Gasteiger partial charge in [0.2, 0.25) is 0 Å². The zero-order valence-corrected chi connectivity index (χ0v) is 12.1. The number of benzene rings is 1. The maximum absolute atomic E-state index is 12.8. The van der Waals surface area contributed by atoms with Gasteiger partial charge in [-0.15, -0.1) is 0 Å². The van der Waals surface area contributed by atoms with Crippen molar-refractivity contribution in [3.05, 3.63) is 46.4 Å². The van der Waals surface area contributed by atoms with E-state index in [4.69, 9.17) is 0 Å². The average molecular weight is 308 g/mol. The highest BCUT2D eigenvalue weighted by Crippen LogP contribution is 2.29. The number of aliphatic hydroxyl groups is 1. The maximum atomic E-state index is 12.8. The molecule has 0 aliphatic carbocycles. The highest BCUT2D eigenvalue weighted by atomic mass is 19.3. The number of H-pyrrole nitrogens is 1. The Balaban J connectivity index is 1.78. The van der Waals surface area contributed by atoms with Crippen LogP contribution >= 0.6 is 0 Å². The van der Waals surface area contributed by atoms with Crippen molar-refractivity contribution in [3.8, 4) is 0 Å². The van der Waals surface area contributed by atoms with Gasteiger partial charge in [-0.3, -0.25) is 9.69 Å². The SMILES string of the molecule is O=c1[nH]cc(CN2CCC(O)(C(F)F)CC2)c2ccccc12. The third kappa shape index (κ3) is 2.76. The van der Waals surface area contributed by atoms with E-state index in [0.29, 0.717) is 25.0 Å². The zero-order chi connectivity index (χ0) is 15.7. The van der Waals surface area contributed by atoms with Crippen LogP contribution in [0.3, 0.4) is 0 Å². The monoisotopic (exact) mass is 308 g/mol. The third-order valence-corrected chi connectivity index (χ3v) is 4.42. The van der Waals surface area contributed by atoms with Gasteiger partial charge in [-0.25, -0.2) is 8.78 Å². The maximum Gasteiger partial charge on any atom is 0.266 e. The molecule has 0 atom stereocenters. The quantitative estimate of drug-likeness (QED) is 0.913. The normalized spacial score (nSPS) is 18.9. The molecule has 0 unspecified atom stereocenters. The van der Waals surface area contributed by atoms with E-state index in [9.17, 15) is 18.7 Å². The van der Waals surface area contributed by atoms with Gasteiger partial charge in [0.1, 0.15) is 5.60 Å². The number of hydrogen-bond acceptors (Lipinski definition) is 3. The fraction of sp³-hybridized carbons (Fsp3) is 0.438. The topological polar surface area (TPSA) is 56.3 Å². The second kappa shape index (κ2) is 5.78. The Morgan fingerprint density at radius 2 is 1.86 bits per heavy atom. The number of piperidine rings is 1. The van der Waals surface area contributed by atoms with E-state index in [0.717, 1.165) is 10.9 Å². The largest absolute Gasteiger partial charge is 0.384 e. The lowest BCUT2D eigenvalue weighted by Gasteiger charge is -2.37. The second-order valence-corrected chi connectivity index (χ2v) is 5.87. The first-order chi connectivity index (χ1) is 10.5. The van der Waals surface area contributed by atoms with Crippen LogP contribution in [0.4, 0.5) is 8.78 Å². The summed E-state index contributed by atoms with van der Waals surface area (Å²) >= 11 is 0. The van der Waals surface area contributed by atoms with E-state index >= 15 is 0 Å². The van der Waals surface area contributed by atoms with Crippen molar-refractivity contribution in [2.24, 2.45) is 0 Å². The first kappa shape index (κ1) is 15.1. The molecule has 1 aromatic carbocycles. The number of rotatable bonds is 3. The summed E-state index contributed by atoms with van der Waals surface area (Å²) in [4.78, 5) is 16.5. The first-order valence-electron chi connectivity index (χ1n) is 7.32. The Morgan fingerprint density at radius 1 is 1.23 bits per heavy atom. The van der Waals surface area contributed by atoms with Crippen LogP contribution in [0.2, 0.25) is 0 Å². The van der Waals surface area contributed by atoms with E-state index in [1.807, 2.05) is 23.1 Å². The molecule has 1 aliphatic rings. The lowest BCUT2D eigenvalue weighted by Crippen LogP contribution is -2.48. The van der Waals surface area contributed by atoms with Crippen LogP contribution in [0, 0.1) is 0 Å². The molecule has 118 valence electrons. The van der Waals surface area contributed by atoms with Crippen LogP contribution < -0.4 is 5.56 Å². The van der Waals surface area contributed by atoms with Crippen LogP contribution in [0.15, 0.2) is 35.3 Å². The number of alkyl halides is 2. The number of halogens is 2. The predicted octanol–water partition coefficient (Wildman–Crippen LogP) is 2.12. The molecule has 2 aromatic rings. The molecule has 1 saturated heterocycles. The van der Waals surface area contributed by atoms with Crippen molar-refractivity contribution >= 4 is 10.8 Å². The molecular formula is C16H18F2N2O2. The summed E-state index contributed by atoms with van der Waals surface area (Å²) < 4.78 is 25.6. The van der Waals surface area contributed by atoms with Crippen LogP contribution in [-0.4, -0.2) is 40.1 Å². The molecule has 1 aliphatic heterocycles. The molecule has 2 heterocycles. The fourth-order valence-electron chi connectivity index (χ4n) is 2.96. The average Bonchev–Trinajstić information content (AvgIpc) is 2.52. The number of aromatic nitrogens is 1. The van der Waals surface area contributed by atoms with Gasteiger partial charge in [-0.1, -0.05) is 18.2 Å². The standard InChI is InChI=1S/C16H18F2N2O2/c17-15(18)16(22)5-7-20(8-6-16)10-11-9-19-14(21)13-4-2-1-3-12(11)13/h1-4,9,15,22H,5-8,10H2,(H,19,21). The third-order valence-electron chi connectivity index (χ3n) is 4.42. The Hall–Kier alpha value is -1.79. The van der Waals surface area contributed by atoms with Crippen molar-refractivity contribution in [1.82, 2.24) is 9.88 Å². The van der Waals surface area contributed by atoms with Crippen molar-refractivity contribution < 1.29 is 13.9 Å². The van der Waals surface area contributed by atoms with Gasteiger partial charge in [-0.2, -0.15) is 0 Å². The Labute approximate surface area is 126 Å². The van der Waals surface area contributed by atoms with Crippen LogP contribution in [-0.2, 0) is 6.54 Å². The summed E-state index contributed by atoms with van der Waals surface area (Å²) in [5, 5.41) is 11.3. The molecule has 0 amide bonds. The number of nitrogens with zero attached hydrogens (tertiary/aromatic N) is 1. The Kier molecular flexibility index (Phi) is 3.97. The Morgan fingerprint density at radius 3 is 2.50 bits per heavy atom. The van der Waals surface area contributed by atoms with E-state index in [1.165, 1.54) is 0 Å². The number of hydrogen-bond donors (Lipinski definition) is 2. The zero-order valence-electron chi connectivity index (χ0n) is 12.1. The lowest BCUT2D eigenvalue weighted by atomic mass is 9.91. The number of aromatic amines is 1. The molecule has 0 saturated carbocycles. The highest BCUT2D eigenvalue weighted by Gasteiger charge is 2.40. The summed E-state index contributed by atoms with van der Waals surface area (Å²) in [6.07, 6.45) is -0.903. The molecule has 22 heavy (non-hydrogen) atoms. The Bertz CT molecular complexity index is 721. The molecule has 6 heteroatoms. The van der Waals surface area contributed by atoms with Gasteiger partial charge < -0.3 is 10.1 Å². The molecule has 3 rings (SSSR count).